The van der Waals surface area contributed by atoms with E-state index in [1.165, 1.54) is 25.2 Å². The van der Waals surface area contributed by atoms with Gasteiger partial charge in [0, 0.05) is 44.1 Å². The first-order chi connectivity index (χ1) is 11.1. The van der Waals surface area contributed by atoms with Gasteiger partial charge in [-0.05, 0) is 32.2 Å². The van der Waals surface area contributed by atoms with Crippen molar-refractivity contribution in [2.45, 2.75) is 19.3 Å². The van der Waals surface area contributed by atoms with Crippen LogP contribution >= 0.6 is 0 Å². The van der Waals surface area contributed by atoms with Crippen LogP contribution in [0.4, 0.5) is 10.3 Å². The normalized spacial score (nSPS) is 31.4. The highest BCUT2D eigenvalue weighted by Crippen LogP contribution is 2.44. The van der Waals surface area contributed by atoms with Crippen LogP contribution in [0.1, 0.15) is 19.3 Å². The van der Waals surface area contributed by atoms with Crippen LogP contribution in [0.15, 0.2) is 12.4 Å². The van der Waals surface area contributed by atoms with Crippen LogP contribution in [-0.4, -0.2) is 61.3 Å². The van der Waals surface area contributed by atoms with Gasteiger partial charge < -0.3 is 14.5 Å². The third-order valence-corrected chi connectivity index (χ3v) is 5.63. The number of likely N-dealkylation sites (tertiary alicyclic amines) is 1. The van der Waals surface area contributed by atoms with Crippen molar-refractivity contribution in [2.75, 3.05) is 51.3 Å². The maximum atomic E-state index is 13.0. The summed E-state index contributed by atoms with van der Waals surface area (Å²) in [6, 6.07) is 0. The fourth-order valence-corrected chi connectivity index (χ4v) is 4.19. The summed E-state index contributed by atoms with van der Waals surface area (Å²) in [5.41, 5.74) is 0.260. The summed E-state index contributed by atoms with van der Waals surface area (Å²) in [4.78, 5) is 12.9. The molecular weight excluding hydrogens is 295 g/mol. The first kappa shape index (κ1) is 15.3. The number of hydrogen-bond acceptors (Lipinski definition) is 5. The molecule has 23 heavy (non-hydrogen) atoms. The van der Waals surface area contributed by atoms with Crippen LogP contribution in [0.5, 0.6) is 0 Å². The van der Waals surface area contributed by atoms with E-state index in [1.807, 2.05) is 0 Å². The molecule has 1 saturated carbocycles. The molecule has 4 rings (SSSR count). The van der Waals surface area contributed by atoms with Crippen LogP contribution < -0.4 is 4.90 Å². The Balaban J connectivity index is 1.42. The monoisotopic (exact) mass is 320 g/mol. The van der Waals surface area contributed by atoms with Crippen molar-refractivity contribution in [3.8, 4) is 0 Å². The first-order valence-corrected chi connectivity index (χ1v) is 8.63. The van der Waals surface area contributed by atoms with Crippen molar-refractivity contribution in [1.29, 1.82) is 0 Å². The van der Waals surface area contributed by atoms with E-state index in [1.54, 1.807) is 0 Å². The summed E-state index contributed by atoms with van der Waals surface area (Å²) < 4.78 is 19.0. The van der Waals surface area contributed by atoms with E-state index in [0.717, 1.165) is 51.7 Å². The highest BCUT2D eigenvalue weighted by molar-refractivity contribution is 5.32. The van der Waals surface area contributed by atoms with Gasteiger partial charge in [-0.2, -0.15) is 0 Å². The topological polar surface area (TPSA) is 41.5 Å². The highest BCUT2D eigenvalue weighted by atomic mass is 19.1. The van der Waals surface area contributed by atoms with Gasteiger partial charge in [0.25, 0.3) is 0 Å². The molecule has 1 spiro atoms. The summed E-state index contributed by atoms with van der Waals surface area (Å²) in [5.74, 6) is 1.65. The second-order valence-corrected chi connectivity index (χ2v) is 7.61. The molecule has 0 unspecified atom stereocenters. The number of ether oxygens (including phenoxy) is 1. The van der Waals surface area contributed by atoms with Crippen LogP contribution in [0.25, 0.3) is 0 Å². The van der Waals surface area contributed by atoms with E-state index in [0.29, 0.717) is 11.9 Å². The molecule has 3 heterocycles. The second kappa shape index (κ2) is 5.98. The van der Waals surface area contributed by atoms with E-state index < -0.39 is 0 Å². The Morgan fingerprint density at radius 3 is 2.78 bits per heavy atom. The molecule has 6 heteroatoms. The Kier molecular flexibility index (Phi) is 3.97. The van der Waals surface area contributed by atoms with Gasteiger partial charge in [0.1, 0.15) is 0 Å². The fraction of sp³-hybridized carbons (Fsp3) is 0.765. The van der Waals surface area contributed by atoms with Gasteiger partial charge in [0.05, 0.1) is 19.0 Å². The van der Waals surface area contributed by atoms with Gasteiger partial charge in [-0.1, -0.05) is 0 Å². The summed E-state index contributed by atoms with van der Waals surface area (Å²) in [5, 5.41) is 0. The Morgan fingerprint density at radius 2 is 2.04 bits per heavy atom. The zero-order chi connectivity index (χ0) is 15.9. The zero-order valence-electron chi connectivity index (χ0n) is 13.7. The van der Waals surface area contributed by atoms with E-state index in [2.05, 4.69) is 26.8 Å². The van der Waals surface area contributed by atoms with Gasteiger partial charge in [0.15, 0.2) is 5.82 Å². The molecule has 3 fully saturated rings. The molecule has 0 amide bonds. The van der Waals surface area contributed by atoms with E-state index in [4.69, 9.17) is 4.74 Å². The molecule has 2 atom stereocenters. The van der Waals surface area contributed by atoms with Crippen LogP contribution in [0.3, 0.4) is 0 Å². The third-order valence-electron chi connectivity index (χ3n) is 5.63. The van der Waals surface area contributed by atoms with Crippen molar-refractivity contribution < 1.29 is 9.13 Å². The van der Waals surface area contributed by atoms with E-state index in [-0.39, 0.29) is 11.2 Å². The number of rotatable bonds is 5. The highest BCUT2D eigenvalue weighted by Gasteiger charge is 2.50. The standard InChI is InChI=1S/C17H25FN4O/c1-21-8-14(10-23-9-13-2-3-13)17(11-21)4-5-22(12-17)16-19-6-15(18)7-20-16/h6-7,13-14H,2-5,8-12H2,1H3/t14-,17+/m1/s1. The summed E-state index contributed by atoms with van der Waals surface area (Å²) in [7, 11) is 2.19. The lowest BCUT2D eigenvalue weighted by molar-refractivity contribution is 0.0603. The largest absolute Gasteiger partial charge is 0.381 e. The van der Waals surface area contributed by atoms with Crippen molar-refractivity contribution in [3.63, 3.8) is 0 Å². The van der Waals surface area contributed by atoms with Crippen molar-refractivity contribution in [1.82, 2.24) is 14.9 Å². The lowest BCUT2D eigenvalue weighted by Crippen LogP contribution is -2.36. The van der Waals surface area contributed by atoms with Gasteiger partial charge >= 0.3 is 0 Å². The Bertz CT molecular complexity index is 550. The smallest absolute Gasteiger partial charge is 0.225 e. The van der Waals surface area contributed by atoms with Gasteiger partial charge in [-0.25, -0.2) is 14.4 Å². The molecule has 0 aromatic carbocycles. The minimum atomic E-state index is -0.380. The molecule has 0 bridgehead atoms. The van der Waals surface area contributed by atoms with Crippen LogP contribution in [-0.2, 0) is 4.74 Å². The maximum Gasteiger partial charge on any atom is 0.225 e. The average molecular weight is 320 g/mol. The number of halogens is 1. The molecule has 1 aliphatic carbocycles. The fourth-order valence-electron chi connectivity index (χ4n) is 4.19. The predicted octanol–water partition coefficient (Wildman–Crippen LogP) is 1.80. The molecule has 1 aromatic rings. The van der Waals surface area contributed by atoms with Gasteiger partial charge in [0.2, 0.25) is 5.95 Å². The minimum absolute atomic E-state index is 0.260. The number of nitrogens with zero attached hydrogens (tertiary/aromatic N) is 4. The Morgan fingerprint density at radius 1 is 1.26 bits per heavy atom. The Labute approximate surface area is 136 Å². The number of hydrogen-bond donors (Lipinski definition) is 0. The van der Waals surface area contributed by atoms with E-state index >= 15 is 0 Å². The molecule has 0 N–H and O–H groups in total. The molecule has 2 saturated heterocycles. The number of anilines is 1. The maximum absolute atomic E-state index is 13.0. The molecule has 3 aliphatic rings. The van der Waals surface area contributed by atoms with E-state index in [9.17, 15) is 4.39 Å². The molecule has 1 aromatic heterocycles. The third kappa shape index (κ3) is 3.19. The zero-order valence-corrected chi connectivity index (χ0v) is 13.7. The molecule has 0 radical (unpaired) electrons. The van der Waals surface area contributed by atoms with Gasteiger partial charge in [-0.15, -0.1) is 0 Å². The quantitative estimate of drug-likeness (QED) is 0.827. The summed E-state index contributed by atoms with van der Waals surface area (Å²) >= 11 is 0. The predicted molar refractivity (Wildman–Crippen MR) is 85.8 cm³/mol. The second-order valence-electron chi connectivity index (χ2n) is 7.61. The molecule has 5 nitrogen and oxygen atoms in total. The molecule has 2 aliphatic heterocycles. The number of aromatic nitrogens is 2. The van der Waals surface area contributed by atoms with Crippen LogP contribution in [0, 0.1) is 23.1 Å². The summed E-state index contributed by atoms with van der Waals surface area (Å²) in [6.45, 7) is 5.88. The SMILES string of the molecule is CN1C[C@H](COCC2CC2)[C@@]2(CCN(c3ncc(F)cn3)C2)C1. The molecular formula is C17H25FN4O. The summed E-state index contributed by atoms with van der Waals surface area (Å²) in [6.07, 6.45) is 6.32. The van der Waals surface area contributed by atoms with Crippen molar-refractivity contribution in [2.24, 2.45) is 17.3 Å². The van der Waals surface area contributed by atoms with Gasteiger partial charge in [-0.3, -0.25) is 0 Å². The lowest BCUT2D eigenvalue weighted by atomic mass is 9.77. The first-order valence-electron chi connectivity index (χ1n) is 8.63. The van der Waals surface area contributed by atoms with Crippen molar-refractivity contribution in [3.05, 3.63) is 18.2 Å². The minimum Gasteiger partial charge on any atom is -0.381 e. The Hall–Kier alpha value is -1.27. The average Bonchev–Trinajstić information content (AvgIpc) is 3.18. The molecule has 126 valence electrons. The van der Waals surface area contributed by atoms with Crippen molar-refractivity contribution >= 4 is 5.95 Å². The lowest BCUT2D eigenvalue weighted by Gasteiger charge is -2.30. The van der Waals surface area contributed by atoms with Crippen LogP contribution in [0.2, 0.25) is 0 Å².